The molecule has 3 rings (SSSR count). The van der Waals surface area contributed by atoms with Crippen molar-refractivity contribution in [3.05, 3.63) is 58.7 Å². The standard InChI is InChI=1S/C19H19FN2O4S/c1-10-3-4-22-15(8-13(23)9-27-26)18(21-16(22)5-10)17-11(2)6-12(19(24)25)7-14(17)20/h3-7,13,23,26H,8-9H2,1-2H3,(H,24,25)/p+1. The number of aliphatic hydroxyl groups excluding tert-OH is 1. The van der Waals surface area contributed by atoms with E-state index in [1.54, 1.807) is 11.3 Å². The molecule has 0 saturated carbocycles. The highest BCUT2D eigenvalue weighted by atomic mass is 32.2. The lowest BCUT2D eigenvalue weighted by molar-refractivity contribution is 0.0696. The molecule has 0 fully saturated rings. The van der Waals surface area contributed by atoms with Crippen molar-refractivity contribution in [3.63, 3.8) is 0 Å². The van der Waals surface area contributed by atoms with Gasteiger partial charge in [-0.3, -0.25) is 0 Å². The van der Waals surface area contributed by atoms with Gasteiger partial charge in [0.15, 0.2) is 12.0 Å². The van der Waals surface area contributed by atoms with E-state index in [0.29, 0.717) is 22.6 Å². The molecule has 1 aromatic carbocycles. The molecule has 0 radical (unpaired) electrons. The topological polar surface area (TPSA) is 97.7 Å². The van der Waals surface area contributed by atoms with Crippen LogP contribution in [0.2, 0.25) is 0 Å². The third-order valence-electron chi connectivity index (χ3n) is 4.36. The average molecular weight is 391 g/mol. The van der Waals surface area contributed by atoms with Crippen LogP contribution in [-0.4, -0.2) is 42.0 Å². The van der Waals surface area contributed by atoms with Gasteiger partial charge >= 0.3 is 5.97 Å². The summed E-state index contributed by atoms with van der Waals surface area (Å²) in [4.78, 5) is 15.7. The molecule has 0 aliphatic carbocycles. The van der Waals surface area contributed by atoms with Crippen molar-refractivity contribution in [1.82, 2.24) is 9.38 Å². The summed E-state index contributed by atoms with van der Waals surface area (Å²) >= 11 is 0.784. The van der Waals surface area contributed by atoms with Crippen LogP contribution in [-0.2, 0) is 6.42 Å². The third-order valence-corrected chi connectivity index (χ3v) is 4.91. The molecule has 6 nitrogen and oxygen atoms in total. The maximum Gasteiger partial charge on any atom is 0.335 e. The van der Waals surface area contributed by atoms with Crippen LogP contribution in [0, 0.1) is 19.7 Å². The molecule has 3 aromatic rings. The van der Waals surface area contributed by atoms with Crippen molar-refractivity contribution in [2.24, 2.45) is 0 Å². The van der Waals surface area contributed by atoms with Gasteiger partial charge in [0, 0.05) is 18.2 Å². The number of aryl methyl sites for hydroxylation is 2. The zero-order chi connectivity index (χ0) is 19.7. The summed E-state index contributed by atoms with van der Waals surface area (Å²) < 4.78 is 23.8. The molecule has 0 aliphatic rings. The van der Waals surface area contributed by atoms with Gasteiger partial charge in [-0.1, -0.05) is 0 Å². The second kappa shape index (κ2) is 7.67. The van der Waals surface area contributed by atoms with Gasteiger partial charge in [0.1, 0.15) is 11.5 Å². The Labute approximate surface area is 159 Å². The average Bonchev–Trinajstić information content (AvgIpc) is 2.91. The Kier molecular flexibility index (Phi) is 5.50. The Morgan fingerprint density at radius 3 is 2.74 bits per heavy atom. The Bertz CT molecular complexity index is 995. The lowest BCUT2D eigenvalue weighted by Crippen LogP contribution is -2.15. The van der Waals surface area contributed by atoms with Crippen LogP contribution in [0.5, 0.6) is 0 Å². The summed E-state index contributed by atoms with van der Waals surface area (Å²) in [5, 5.41) is 19.3. The summed E-state index contributed by atoms with van der Waals surface area (Å²) in [5.41, 5.74) is 3.16. The van der Waals surface area contributed by atoms with E-state index in [-0.39, 0.29) is 23.3 Å². The number of nitrogens with zero attached hydrogens (tertiary/aromatic N) is 2. The molecule has 4 N–H and O–H groups in total. The molecule has 2 aromatic heterocycles. The molecule has 1 atom stereocenters. The quantitative estimate of drug-likeness (QED) is 0.497. The van der Waals surface area contributed by atoms with Gasteiger partial charge in [0.05, 0.1) is 28.8 Å². The van der Waals surface area contributed by atoms with Crippen molar-refractivity contribution in [1.29, 1.82) is 0 Å². The van der Waals surface area contributed by atoms with E-state index in [0.717, 1.165) is 23.7 Å². The molecule has 2 heterocycles. The van der Waals surface area contributed by atoms with Crippen molar-refractivity contribution < 1.29 is 24.0 Å². The van der Waals surface area contributed by atoms with Gasteiger partial charge in [0.25, 0.3) is 0 Å². The normalized spacial score (nSPS) is 12.5. The first-order chi connectivity index (χ1) is 12.8. The van der Waals surface area contributed by atoms with Gasteiger partial charge in [-0.15, -0.1) is 0 Å². The molecular formula is C19H20FN2O4S+. The second-order valence-electron chi connectivity index (χ2n) is 6.46. The molecule has 0 amide bonds. The van der Waals surface area contributed by atoms with Gasteiger partial charge in [0.2, 0.25) is 0 Å². The fourth-order valence-electron chi connectivity index (χ4n) is 3.14. The number of pyridine rings is 1. The lowest BCUT2D eigenvalue weighted by atomic mass is 9.99. The fourth-order valence-corrected chi connectivity index (χ4v) is 3.45. The number of benzene rings is 1. The van der Waals surface area contributed by atoms with E-state index in [9.17, 15) is 14.3 Å². The molecule has 0 bridgehead atoms. The first-order valence-electron chi connectivity index (χ1n) is 8.29. The van der Waals surface area contributed by atoms with E-state index in [1.807, 2.05) is 25.3 Å². The van der Waals surface area contributed by atoms with Crippen LogP contribution in [0.4, 0.5) is 4.39 Å². The highest BCUT2D eigenvalue weighted by Crippen LogP contribution is 2.32. The van der Waals surface area contributed by atoms with E-state index in [4.69, 9.17) is 9.66 Å². The Morgan fingerprint density at radius 2 is 2.11 bits per heavy atom. The van der Waals surface area contributed by atoms with Crippen molar-refractivity contribution in [3.8, 4) is 11.3 Å². The zero-order valence-corrected chi connectivity index (χ0v) is 15.7. The Morgan fingerprint density at radius 1 is 1.37 bits per heavy atom. The monoisotopic (exact) mass is 391 g/mol. The zero-order valence-electron chi connectivity index (χ0n) is 14.9. The van der Waals surface area contributed by atoms with E-state index in [2.05, 4.69) is 4.98 Å². The largest absolute Gasteiger partial charge is 0.478 e. The Hall–Kier alpha value is -2.42. The molecular weight excluding hydrogens is 371 g/mol. The van der Waals surface area contributed by atoms with E-state index >= 15 is 0 Å². The molecule has 0 aliphatic heterocycles. The number of halogens is 1. The van der Waals surface area contributed by atoms with E-state index in [1.165, 1.54) is 6.07 Å². The van der Waals surface area contributed by atoms with Crippen LogP contribution in [0.1, 0.15) is 27.2 Å². The summed E-state index contributed by atoms with van der Waals surface area (Å²) in [6, 6.07) is 6.15. The SMILES string of the molecule is Cc1ccn2c(CC(O)CS[OH2+])c(-c3c(C)cc(C(=O)O)cc3F)nc2c1. The van der Waals surface area contributed by atoms with Crippen LogP contribution < -0.4 is 0 Å². The minimum absolute atomic E-state index is 0.124. The summed E-state index contributed by atoms with van der Waals surface area (Å²) in [5.74, 6) is -1.65. The van der Waals surface area contributed by atoms with Crippen molar-refractivity contribution in [2.45, 2.75) is 26.4 Å². The first kappa shape index (κ1) is 19.3. The third kappa shape index (κ3) is 3.83. The Balaban J connectivity index is 2.23. The van der Waals surface area contributed by atoms with Crippen molar-refractivity contribution in [2.75, 3.05) is 5.75 Å². The van der Waals surface area contributed by atoms with Gasteiger partial charge < -0.3 is 19.2 Å². The van der Waals surface area contributed by atoms with Crippen LogP contribution in [0.3, 0.4) is 0 Å². The minimum atomic E-state index is -1.20. The maximum absolute atomic E-state index is 14.8. The number of imidazole rings is 1. The number of hydrogen-bond acceptors (Lipinski definition) is 4. The van der Waals surface area contributed by atoms with Gasteiger partial charge in [-0.05, 0) is 49.2 Å². The lowest BCUT2D eigenvalue weighted by Gasteiger charge is -2.12. The minimum Gasteiger partial charge on any atom is -0.478 e. The number of carbonyl (C=O) groups is 1. The molecule has 0 saturated heterocycles. The second-order valence-corrected chi connectivity index (χ2v) is 7.09. The predicted octanol–water partition coefficient (Wildman–Crippen LogP) is 2.73. The number of carboxylic acid groups (broad SMARTS) is 1. The van der Waals surface area contributed by atoms with Crippen LogP contribution in [0.15, 0.2) is 30.5 Å². The molecule has 1 unspecified atom stereocenters. The van der Waals surface area contributed by atoms with Crippen molar-refractivity contribution >= 4 is 23.7 Å². The summed E-state index contributed by atoms with van der Waals surface area (Å²) in [6.45, 7) is 3.56. The molecule has 142 valence electrons. The molecule has 0 spiro atoms. The van der Waals surface area contributed by atoms with Crippen LogP contribution >= 0.6 is 12.0 Å². The maximum atomic E-state index is 14.8. The van der Waals surface area contributed by atoms with Crippen LogP contribution in [0.25, 0.3) is 16.9 Å². The first-order valence-corrected chi connectivity index (χ1v) is 9.28. The number of carboxylic acids is 1. The molecule has 8 heteroatoms. The number of aromatic nitrogens is 2. The van der Waals surface area contributed by atoms with E-state index < -0.39 is 17.9 Å². The highest BCUT2D eigenvalue weighted by molar-refractivity contribution is 7.93. The smallest absolute Gasteiger partial charge is 0.335 e. The number of aliphatic hydroxyl groups is 1. The predicted molar refractivity (Wildman–Crippen MR) is 103 cm³/mol. The van der Waals surface area contributed by atoms with Gasteiger partial charge in [-0.2, -0.15) is 0 Å². The van der Waals surface area contributed by atoms with Gasteiger partial charge in [-0.25, -0.2) is 14.2 Å². The number of aromatic carboxylic acids is 1. The number of rotatable bonds is 6. The highest BCUT2D eigenvalue weighted by Gasteiger charge is 2.23. The summed E-state index contributed by atoms with van der Waals surface area (Å²) in [7, 11) is 0. The molecule has 27 heavy (non-hydrogen) atoms. The number of fused-ring (bicyclic) bond motifs is 1. The summed E-state index contributed by atoms with van der Waals surface area (Å²) in [6.07, 6.45) is 1.23. The number of hydrogen-bond donors (Lipinski definition) is 2. The fraction of sp³-hybridized carbons (Fsp3) is 0.263.